The van der Waals surface area contributed by atoms with E-state index >= 15 is 0 Å². The second-order valence-electron chi connectivity index (χ2n) is 4.23. The van der Waals surface area contributed by atoms with E-state index in [9.17, 15) is 0 Å². The van der Waals surface area contributed by atoms with Crippen LogP contribution in [0.4, 0.5) is 0 Å². The molecule has 5 heteroatoms. The van der Waals surface area contributed by atoms with Gasteiger partial charge in [0.05, 0.1) is 11.1 Å². The van der Waals surface area contributed by atoms with Gasteiger partial charge in [0.1, 0.15) is 0 Å². The van der Waals surface area contributed by atoms with Gasteiger partial charge < -0.3 is 5.32 Å². The van der Waals surface area contributed by atoms with Crippen LogP contribution in [0.25, 0.3) is 0 Å². The average Bonchev–Trinajstić information content (AvgIpc) is 2.69. The summed E-state index contributed by atoms with van der Waals surface area (Å²) in [4.78, 5) is 2.61. The molecule has 19 heavy (non-hydrogen) atoms. The van der Waals surface area contributed by atoms with Crippen molar-refractivity contribution in [1.82, 2.24) is 5.32 Å². The number of hydrogen-bond donors (Lipinski definition) is 1. The van der Waals surface area contributed by atoms with Crippen molar-refractivity contribution >= 4 is 61.5 Å². The maximum Gasteiger partial charge on any atom is 0.0683 e. The lowest BCUT2D eigenvalue weighted by molar-refractivity contribution is 0.638. The molecule has 1 atom stereocenters. The third kappa shape index (κ3) is 3.73. The first kappa shape index (κ1) is 15.8. The van der Waals surface area contributed by atoms with E-state index in [1.165, 1.54) is 15.3 Å². The van der Waals surface area contributed by atoms with Gasteiger partial charge in [-0.2, -0.15) is 0 Å². The fraction of sp³-hybridized carbons (Fsp3) is 0.286. The molecule has 0 bridgehead atoms. The molecule has 1 aromatic heterocycles. The molecular weight excluding hydrogens is 456 g/mol. The average molecular weight is 471 g/mol. The summed E-state index contributed by atoms with van der Waals surface area (Å²) in [6.07, 6.45) is 0. The van der Waals surface area contributed by atoms with Gasteiger partial charge in [0.15, 0.2) is 0 Å². The second kappa shape index (κ2) is 6.89. The molecule has 102 valence electrons. The highest BCUT2D eigenvalue weighted by atomic mass is 127. The fourth-order valence-electron chi connectivity index (χ4n) is 1.96. The molecular formula is C14H14BrClINS. The van der Waals surface area contributed by atoms with Gasteiger partial charge in [-0.05, 0) is 75.8 Å². The first-order valence-corrected chi connectivity index (χ1v) is 9.03. The number of nitrogens with one attached hydrogen (secondary N) is 1. The van der Waals surface area contributed by atoms with Crippen LogP contribution in [0.1, 0.15) is 28.3 Å². The van der Waals surface area contributed by atoms with Crippen LogP contribution in [0.15, 0.2) is 28.7 Å². The van der Waals surface area contributed by atoms with E-state index in [1.54, 1.807) is 0 Å². The largest absolute Gasteiger partial charge is 0.306 e. The molecule has 0 aliphatic heterocycles. The van der Waals surface area contributed by atoms with Crippen molar-refractivity contribution < 1.29 is 0 Å². The van der Waals surface area contributed by atoms with Crippen LogP contribution in [0.3, 0.4) is 0 Å². The SMILES string of the molecule is CCNC(c1ccc(I)c(Cl)c1)c1sc(C)cc1Br. The molecule has 0 spiro atoms. The van der Waals surface area contributed by atoms with E-state index in [-0.39, 0.29) is 6.04 Å². The number of aryl methyl sites for hydroxylation is 1. The Hall–Kier alpha value is 0.380. The zero-order valence-electron chi connectivity index (χ0n) is 10.6. The van der Waals surface area contributed by atoms with Crippen LogP contribution < -0.4 is 5.32 Å². The standard InChI is InChI=1S/C14H14BrClINS/c1-3-18-13(14-10(15)6-8(2)19-14)9-4-5-12(17)11(16)7-9/h4-7,13,18H,3H2,1-2H3. The van der Waals surface area contributed by atoms with Crippen molar-refractivity contribution in [3.63, 3.8) is 0 Å². The number of thiophene rings is 1. The van der Waals surface area contributed by atoms with Gasteiger partial charge in [0, 0.05) is 17.8 Å². The highest BCUT2D eigenvalue weighted by Gasteiger charge is 2.19. The molecule has 1 aromatic carbocycles. The van der Waals surface area contributed by atoms with E-state index in [4.69, 9.17) is 11.6 Å². The van der Waals surface area contributed by atoms with Crippen LogP contribution in [0, 0.1) is 10.5 Å². The van der Waals surface area contributed by atoms with Gasteiger partial charge >= 0.3 is 0 Å². The molecule has 2 rings (SSSR count). The fourth-order valence-corrected chi connectivity index (χ4v) is 4.46. The molecule has 1 nitrogen and oxygen atoms in total. The summed E-state index contributed by atoms with van der Waals surface area (Å²) >= 11 is 14.0. The van der Waals surface area contributed by atoms with Crippen LogP contribution in [0.5, 0.6) is 0 Å². The first-order valence-electron chi connectivity index (χ1n) is 5.97. The van der Waals surface area contributed by atoms with E-state index < -0.39 is 0 Å². The first-order chi connectivity index (χ1) is 9.02. The van der Waals surface area contributed by atoms with E-state index in [0.29, 0.717) is 0 Å². The summed E-state index contributed by atoms with van der Waals surface area (Å²) in [6, 6.07) is 8.61. The molecule has 0 fully saturated rings. The Morgan fingerprint density at radius 2 is 2.16 bits per heavy atom. The van der Waals surface area contributed by atoms with E-state index in [0.717, 1.165) is 19.6 Å². The van der Waals surface area contributed by atoms with Crippen LogP contribution in [-0.4, -0.2) is 6.54 Å². The summed E-state index contributed by atoms with van der Waals surface area (Å²) in [5, 5.41) is 4.35. The Morgan fingerprint density at radius 1 is 1.42 bits per heavy atom. The zero-order chi connectivity index (χ0) is 14.0. The van der Waals surface area contributed by atoms with Crippen LogP contribution in [0.2, 0.25) is 5.02 Å². The van der Waals surface area contributed by atoms with Gasteiger partial charge in [-0.1, -0.05) is 24.6 Å². The van der Waals surface area contributed by atoms with Crippen molar-refractivity contribution in [3.8, 4) is 0 Å². The molecule has 1 N–H and O–H groups in total. The smallest absolute Gasteiger partial charge is 0.0683 e. The molecule has 1 heterocycles. The normalized spacial score (nSPS) is 12.7. The minimum absolute atomic E-state index is 0.188. The van der Waals surface area contributed by atoms with Crippen LogP contribution in [-0.2, 0) is 0 Å². The van der Waals surface area contributed by atoms with Gasteiger partial charge in [-0.3, -0.25) is 0 Å². The molecule has 0 amide bonds. The van der Waals surface area contributed by atoms with Crippen molar-refractivity contribution in [2.24, 2.45) is 0 Å². The van der Waals surface area contributed by atoms with Gasteiger partial charge in [0.2, 0.25) is 0 Å². The summed E-state index contributed by atoms with van der Waals surface area (Å²) in [6.45, 7) is 5.16. The Balaban J connectivity index is 2.44. The third-order valence-electron chi connectivity index (χ3n) is 2.78. The van der Waals surface area contributed by atoms with Crippen molar-refractivity contribution in [3.05, 3.63) is 52.6 Å². The molecule has 2 aromatic rings. The maximum atomic E-state index is 6.25. The highest BCUT2D eigenvalue weighted by molar-refractivity contribution is 14.1. The Morgan fingerprint density at radius 3 is 2.68 bits per heavy atom. The Labute approximate surface area is 145 Å². The molecule has 0 radical (unpaired) electrons. The molecule has 0 aliphatic rings. The van der Waals surface area contributed by atoms with Gasteiger partial charge in [-0.25, -0.2) is 0 Å². The van der Waals surface area contributed by atoms with Gasteiger partial charge in [0.25, 0.3) is 0 Å². The highest BCUT2D eigenvalue weighted by Crippen LogP contribution is 2.36. The number of rotatable bonds is 4. The predicted octanol–water partition coefficient (Wildman–Crippen LogP) is 5.78. The van der Waals surface area contributed by atoms with Gasteiger partial charge in [-0.15, -0.1) is 11.3 Å². The lowest BCUT2D eigenvalue weighted by Crippen LogP contribution is -2.21. The predicted molar refractivity (Wildman–Crippen MR) is 96.4 cm³/mol. The third-order valence-corrected chi connectivity index (χ3v) is 6.39. The quantitative estimate of drug-likeness (QED) is 0.559. The van der Waals surface area contributed by atoms with Crippen molar-refractivity contribution in [2.75, 3.05) is 6.54 Å². The lowest BCUT2D eigenvalue weighted by atomic mass is 10.1. The second-order valence-corrected chi connectivity index (χ2v) is 7.95. The zero-order valence-corrected chi connectivity index (χ0v) is 16.0. The Bertz CT molecular complexity index is 585. The van der Waals surface area contributed by atoms with E-state index in [1.807, 2.05) is 11.3 Å². The Kier molecular flexibility index (Phi) is 5.72. The number of benzene rings is 1. The monoisotopic (exact) mass is 469 g/mol. The number of hydrogen-bond acceptors (Lipinski definition) is 2. The minimum Gasteiger partial charge on any atom is -0.306 e. The molecule has 1 unspecified atom stereocenters. The summed E-state index contributed by atoms with van der Waals surface area (Å²) in [7, 11) is 0. The summed E-state index contributed by atoms with van der Waals surface area (Å²) in [5.41, 5.74) is 1.20. The molecule has 0 saturated carbocycles. The number of halogens is 3. The molecule has 0 saturated heterocycles. The topological polar surface area (TPSA) is 12.0 Å². The maximum absolute atomic E-state index is 6.25. The van der Waals surface area contributed by atoms with Crippen LogP contribution >= 0.6 is 61.5 Å². The molecule has 0 aliphatic carbocycles. The summed E-state index contributed by atoms with van der Waals surface area (Å²) in [5.74, 6) is 0. The van der Waals surface area contributed by atoms with Crippen molar-refractivity contribution in [2.45, 2.75) is 19.9 Å². The summed E-state index contributed by atoms with van der Waals surface area (Å²) < 4.78 is 2.25. The van der Waals surface area contributed by atoms with E-state index in [2.05, 4.69) is 82.0 Å². The van der Waals surface area contributed by atoms with Crippen molar-refractivity contribution in [1.29, 1.82) is 0 Å². The lowest BCUT2D eigenvalue weighted by Gasteiger charge is -2.18. The minimum atomic E-state index is 0.188.